The Morgan fingerprint density at radius 3 is 2.30 bits per heavy atom. The maximum absolute atomic E-state index is 12.5. The van der Waals surface area contributed by atoms with E-state index in [0.717, 1.165) is 35.7 Å². The second kappa shape index (κ2) is 5.86. The molecule has 1 aromatic rings. The molecule has 0 atom stereocenters. The van der Waals surface area contributed by atoms with Crippen LogP contribution in [0.2, 0.25) is 0 Å². The van der Waals surface area contributed by atoms with Gasteiger partial charge in [-0.05, 0) is 44.4 Å². The van der Waals surface area contributed by atoms with Crippen molar-refractivity contribution in [3.8, 4) is 0 Å². The number of nitrogens with two attached hydrogens (primary N) is 1. The Labute approximate surface area is 129 Å². The molecule has 0 aliphatic heterocycles. The van der Waals surface area contributed by atoms with Crippen molar-refractivity contribution in [2.24, 2.45) is 5.73 Å². The highest BCUT2D eigenvalue weighted by molar-refractivity contribution is 9.10. The van der Waals surface area contributed by atoms with Crippen LogP contribution in [-0.2, 0) is 10.3 Å². The number of carbonyl (C=O) groups is 1. The highest BCUT2D eigenvalue weighted by Gasteiger charge is 2.38. The van der Waals surface area contributed by atoms with Crippen LogP contribution in [0.5, 0.6) is 0 Å². The van der Waals surface area contributed by atoms with Gasteiger partial charge in [0.1, 0.15) is 0 Å². The lowest BCUT2D eigenvalue weighted by Gasteiger charge is -2.36. The van der Waals surface area contributed by atoms with Crippen LogP contribution in [0.15, 0.2) is 28.7 Å². The summed E-state index contributed by atoms with van der Waals surface area (Å²) >= 11 is 3.43. The van der Waals surface area contributed by atoms with Gasteiger partial charge in [0, 0.05) is 4.47 Å². The quantitative estimate of drug-likeness (QED) is 0.886. The zero-order chi connectivity index (χ0) is 14.8. The number of nitrogens with one attached hydrogen (secondary N) is 1. The fourth-order valence-corrected chi connectivity index (χ4v) is 3.02. The third kappa shape index (κ3) is 3.41. The van der Waals surface area contributed by atoms with Crippen molar-refractivity contribution < 1.29 is 4.79 Å². The Kier molecular flexibility index (Phi) is 4.55. The molecule has 20 heavy (non-hydrogen) atoms. The number of carbonyl (C=O) groups excluding carboxylic acids is 1. The van der Waals surface area contributed by atoms with Crippen molar-refractivity contribution in [1.82, 2.24) is 5.32 Å². The van der Waals surface area contributed by atoms with Gasteiger partial charge in [-0.3, -0.25) is 4.79 Å². The van der Waals surface area contributed by atoms with Gasteiger partial charge in [0.2, 0.25) is 5.91 Å². The minimum absolute atomic E-state index is 0.0230. The molecule has 0 spiro atoms. The minimum atomic E-state index is -0.690. The number of rotatable bonds is 3. The van der Waals surface area contributed by atoms with Crippen LogP contribution in [0.4, 0.5) is 0 Å². The highest BCUT2D eigenvalue weighted by Crippen LogP contribution is 2.28. The maximum Gasteiger partial charge on any atom is 0.240 e. The molecular formula is C16H23BrN2O. The molecule has 0 heterocycles. The van der Waals surface area contributed by atoms with Gasteiger partial charge in [0.25, 0.3) is 0 Å². The molecular weight excluding hydrogens is 316 g/mol. The fraction of sp³-hybridized carbons (Fsp3) is 0.562. The smallest absolute Gasteiger partial charge is 0.240 e. The summed E-state index contributed by atoms with van der Waals surface area (Å²) in [4.78, 5) is 12.5. The number of amides is 1. The summed E-state index contributed by atoms with van der Waals surface area (Å²) in [7, 11) is 0. The van der Waals surface area contributed by atoms with Gasteiger partial charge in [-0.1, -0.05) is 47.3 Å². The highest BCUT2D eigenvalue weighted by atomic mass is 79.9. The molecule has 0 aromatic heterocycles. The zero-order valence-corrected chi connectivity index (χ0v) is 13.8. The third-order valence-electron chi connectivity index (χ3n) is 4.19. The maximum atomic E-state index is 12.5. The molecule has 1 aromatic carbocycles. The third-order valence-corrected chi connectivity index (χ3v) is 4.72. The van der Waals surface area contributed by atoms with E-state index in [4.69, 9.17) is 5.73 Å². The van der Waals surface area contributed by atoms with Crippen molar-refractivity contribution in [3.63, 3.8) is 0 Å². The Morgan fingerprint density at radius 1 is 1.20 bits per heavy atom. The minimum Gasteiger partial charge on any atom is -0.346 e. The van der Waals surface area contributed by atoms with E-state index in [-0.39, 0.29) is 5.91 Å². The van der Waals surface area contributed by atoms with E-state index in [0.29, 0.717) is 0 Å². The van der Waals surface area contributed by atoms with Crippen LogP contribution >= 0.6 is 15.9 Å². The molecule has 4 heteroatoms. The Balaban J connectivity index is 2.11. The van der Waals surface area contributed by atoms with Crippen LogP contribution in [0.25, 0.3) is 0 Å². The average Bonchev–Trinajstić information content (AvgIpc) is 2.39. The first-order valence-electron chi connectivity index (χ1n) is 7.21. The summed E-state index contributed by atoms with van der Waals surface area (Å²) in [6.45, 7) is 4.03. The predicted molar refractivity (Wildman–Crippen MR) is 85.3 cm³/mol. The lowest BCUT2D eigenvalue weighted by molar-refractivity contribution is -0.129. The first-order valence-corrected chi connectivity index (χ1v) is 8.00. The van der Waals surface area contributed by atoms with Crippen molar-refractivity contribution in [3.05, 3.63) is 34.3 Å². The molecule has 3 N–H and O–H groups in total. The van der Waals surface area contributed by atoms with E-state index < -0.39 is 11.1 Å². The molecule has 1 fully saturated rings. The van der Waals surface area contributed by atoms with Gasteiger partial charge in [-0.25, -0.2) is 0 Å². The summed E-state index contributed by atoms with van der Waals surface area (Å²) in [6, 6.07) is 8.02. The van der Waals surface area contributed by atoms with Gasteiger partial charge in [-0.2, -0.15) is 0 Å². The molecule has 0 radical (unpaired) electrons. The van der Waals surface area contributed by atoms with Crippen LogP contribution < -0.4 is 11.1 Å². The molecule has 1 amide bonds. The summed E-state index contributed by atoms with van der Waals surface area (Å²) in [5.74, 6) is -0.0230. The molecule has 0 unspecified atom stereocenters. The summed E-state index contributed by atoms with van der Waals surface area (Å²) < 4.78 is 1.03. The molecule has 1 aliphatic rings. The van der Waals surface area contributed by atoms with Crippen molar-refractivity contribution in [1.29, 1.82) is 0 Å². The summed E-state index contributed by atoms with van der Waals surface area (Å²) in [5, 5.41) is 3.12. The largest absolute Gasteiger partial charge is 0.346 e. The molecule has 1 saturated carbocycles. The lowest BCUT2D eigenvalue weighted by atomic mass is 9.81. The Hall–Kier alpha value is -0.870. The molecule has 0 bridgehead atoms. The molecule has 1 aliphatic carbocycles. The van der Waals surface area contributed by atoms with Crippen molar-refractivity contribution >= 4 is 21.8 Å². The first-order chi connectivity index (χ1) is 9.33. The van der Waals surface area contributed by atoms with E-state index in [2.05, 4.69) is 21.2 Å². The lowest BCUT2D eigenvalue weighted by Crippen LogP contribution is -2.58. The topological polar surface area (TPSA) is 55.1 Å². The van der Waals surface area contributed by atoms with E-state index in [9.17, 15) is 4.79 Å². The van der Waals surface area contributed by atoms with E-state index in [1.54, 1.807) is 0 Å². The number of halogens is 1. The molecule has 3 nitrogen and oxygen atoms in total. The van der Waals surface area contributed by atoms with E-state index in [1.807, 2.05) is 38.1 Å². The van der Waals surface area contributed by atoms with Crippen LogP contribution in [0.1, 0.15) is 51.5 Å². The first kappa shape index (κ1) is 15.5. The van der Waals surface area contributed by atoms with Crippen molar-refractivity contribution in [2.75, 3.05) is 0 Å². The van der Waals surface area contributed by atoms with Gasteiger partial charge in [0.15, 0.2) is 0 Å². The van der Waals surface area contributed by atoms with Crippen LogP contribution in [0.3, 0.4) is 0 Å². The summed E-state index contributed by atoms with van der Waals surface area (Å²) in [5.41, 5.74) is 6.27. The second-order valence-corrected chi connectivity index (χ2v) is 7.22. The second-order valence-electron chi connectivity index (χ2n) is 6.30. The van der Waals surface area contributed by atoms with Gasteiger partial charge < -0.3 is 11.1 Å². The number of benzene rings is 1. The standard InChI is InChI=1S/C16H23BrN2O/c1-15(2,12-6-8-13(17)9-7-12)19-14(20)16(18)10-4-3-5-11-16/h6-9H,3-5,10-11,18H2,1-2H3,(H,19,20). The Bertz CT molecular complexity index is 476. The monoisotopic (exact) mass is 338 g/mol. The molecule has 110 valence electrons. The van der Waals surface area contributed by atoms with Crippen molar-refractivity contribution in [2.45, 2.75) is 57.0 Å². The SMILES string of the molecule is CC(C)(NC(=O)C1(N)CCCCC1)c1ccc(Br)cc1. The van der Waals surface area contributed by atoms with Gasteiger partial charge >= 0.3 is 0 Å². The van der Waals surface area contributed by atoms with Crippen LogP contribution in [-0.4, -0.2) is 11.4 Å². The molecule has 2 rings (SSSR count). The van der Waals surface area contributed by atoms with E-state index >= 15 is 0 Å². The van der Waals surface area contributed by atoms with Crippen LogP contribution in [0, 0.1) is 0 Å². The summed E-state index contributed by atoms with van der Waals surface area (Å²) in [6.07, 6.45) is 4.85. The van der Waals surface area contributed by atoms with E-state index in [1.165, 1.54) is 6.42 Å². The number of hydrogen-bond acceptors (Lipinski definition) is 2. The molecule has 0 saturated heterocycles. The average molecular weight is 339 g/mol. The van der Waals surface area contributed by atoms with Gasteiger partial charge in [0.05, 0.1) is 11.1 Å². The predicted octanol–water partition coefficient (Wildman–Crippen LogP) is 3.46. The Morgan fingerprint density at radius 2 is 1.75 bits per heavy atom. The van der Waals surface area contributed by atoms with Gasteiger partial charge in [-0.15, -0.1) is 0 Å². The number of hydrogen-bond donors (Lipinski definition) is 2. The fourth-order valence-electron chi connectivity index (χ4n) is 2.76. The normalized spacial score (nSPS) is 18.6. The zero-order valence-electron chi connectivity index (χ0n) is 12.2.